The number of hydrogen-bond acceptors (Lipinski definition) is 2. The van der Waals surface area contributed by atoms with Crippen molar-refractivity contribution in [3.8, 4) is 0 Å². The smallest absolute Gasteiger partial charge is 0.171 e. The van der Waals surface area contributed by atoms with Crippen LogP contribution in [0.15, 0.2) is 30.5 Å². The molecular weight excluding hydrogens is 334 g/mol. The second-order valence-electron chi connectivity index (χ2n) is 9.80. The number of carbonyl (C=O) groups excluding carboxylic acids is 1. The molecule has 1 aromatic heterocycles. The van der Waals surface area contributed by atoms with Gasteiger partial charge in [-0.1, -0.05) is 18.2 Å². The molecule has 4 bridgehead atoms. The first kappa shape index (κ1) is 16.4. The van der Waals surface area contributed by atoms with E-state index in [1.807, 2.05) is 0 Å². The molecule has 5 aliphatic rings. The third kappa shape index (κ3) is 2.40. The molecule has 4 aliphatic carbocycles. The molecule has 142 valence electrons. The maximum Gasteiger partial charge on any atom is 0.171 e. The number of carbonyl (C=O) groups is 1. The molecule has 3 nitrogen and oxygen atoms in total. The summed E-state index contributed by atoms with van der Waals surface area (Å²) < 4.78 is 7.90. The first-order chi connectivity index (χ1) is 13.2. The molecule has 0 N–H and O–H groups in total. The second kappa shape index (κ2) is 5.94. The van der Waals surface area contributed by atoms with Crippen LogP contribution in [0.1, 0.15) is 55.3 Å². The number of para-hydroxylation sites is 1. The lowest BCUT2D eigenvalue weighted by Gasteiger charge is -2.31. The van der Waals surface area contributed by atoms with Crippen molar-refractivity contribution in [2.75, 3.05) is 13.2 Å². The van der Waals surface area contributed by atoms with Crippen LogP contribution >= 0.6 is 0 Å². The van der Waals surface area contributed by atoms with Crippen molar-refractivity contribution in [2.45, 2.75) is 51.5 Å². The average molecular weight is 364 g/mol. The molecule has 0 radical (unpaired) electrons. The van der Waals surface area contributed by atoms with Crippen LogP contribution in [0.25, 0.3) is 10.9 Å². The number of fused-ring (bicyclic) bond motifs is 1. The predicted molar refractivity (Wildman–Crippen MR) is 106 cm³/mol. The van der Waals surface area contributed by atoms with Gasteiger partial charge in [0.25, 0.3) is 0 Å². The SMILES string of the molecule is O=C(c1cn(CC2CCOCC2)c2ccccc12)C12CC3CC(CC1C3)C2. The predicted octanol–water partition coefficient (Wildman–Crippen LogP) is 5.08. The van der Waals surface area contributed by atoms with Crippen LogP contribution in [0, 0.1) is 29.1 Å². The van der Waals surface area contributed by atoms with Crippen molar-refractivity contribution in [3.63, 3.8) is 0 Å². The largest absolute Gasteiger partial charge is 0.381 e. The zero-order valence-electron chi connectivity index (χ0n) is 16.0. The molecule has 0 amide bonds. The highest BCUT2D eigenvalue weighted by atomic mass is 16.5. The molecule has 0 spiro atoms. The number of hydrogen-bond donors (Lipinski definition) is 0. The summed E-state index contributed by atoms with van der Waals surface area (Å²) >= 11 is 0. The normalized spacial score (nSPS) is 35.3. The fraction of sp³-hybridized carbons (Fsp3) is 0.625. The summed E-state index contributed by atoms with van der Waals surface area (Å²) in [6.45, 7) is 2.77. The topological polar surface area (TPSA) is 31.2 Å². The Balaban J connectivity index is 1.39. The quantitative estimate of drug-likeness (QED) is 0.710. The third-order valence-corrected chi connectivity index (χ3v) is 8.27. The molecule has 1 aliphatic heterocycles. The summed E-state index contributed by atoms with van der Waals surface area (Å²) in [7, 11) is 0. The van der Waals surface area contributed by atoms with Gasteiger partial charge in [0.2, 0.25) is 0 Å². The molecule has 7 rings (SSSR count). The van der Waals surface area contributed by atoms with E-state index >= 15 is 0 Å². The van der Waals surface area contributed by atoms with Gasteiger partial charge in [0.1, 0.15) is 0 Å². The number of rotatable bonds is 4. The number of aromatic nitrogens is 1. The van der Waals surface area contributed by atoms with Crippen LogP contribution in [0.4, 0.5) is 0 Å². The molecule has 27 heavy (non-hydrogen) atoms. The Morgan fingerprint density at radius 2 is 1.81 bits per heavy atom. The van der Waals surface area contributed by atoms with Gasteiger partial charge in [0.05, 0.1) is 0 Å². The van der Waals surface area contributed by atoms with Gasteiger partial charge in [-0.05, 0) is 74.7 Å². The Hall–Kier alpha value is -1.61. The molecule has 2 aromatic rings. The Morgan fingerprint density at radius 1 is 1.07 bits per heavy atom. The molecule has 3 heteroatoms. The Bertz CT molecular complexity index is 877. The first-order valence-corrected chi connectivity index (χ1v) is 10.9. The standard InChI is InChI=1S/C24H29NO2/c26-23(24-12-17-9-18(13-24)11-19(24)10-17)21-15-25(14-16-5-7-27-8-6-16)22-4-2-1-3-20(21)22/h1-4,15-19H,5-14H2. The third-order valence-electron chi connectivity index (χ3n) is 8.27. The number of Topliss-reactive ketones (excluding diaryl/α,β-unsaturated/α-hetero) is 1. The maximum absolute atomic E-state index is 13.9. The highest BCUT2D eigenvalue weighted by Gasteiger charge is 2.61. The van der Waals surface area contributed by atoms with E-state index in [1.165, 1.54) is 30.2 Å². The lowest BCUT2D eigenvalue weighted by Crippen LogP contribution is -2.32. The van der Waals surface area contributed by atoms with Crippen molar-refractivity contribution in [1.29, 1.82) is 0 Å². The Kier molecular flexibility index (Phi) is 3.60. The van der Waals surface area contributed by atoms with Crippen LogP contribution in [0.5, 0.6) is 0 Å². The molecular formula is C24H29NO2. The van der Waals surface area contributed by atoms with E-state index in [4.69, 9.17) is 4.74 Å². The summed E-state index contributed by atoms with van der Waals surface area (Å²) in [4.78, 5) is 13.9. The number of ether oxygens (including phenoxy) is 1. The monoisotopic (exact) mass is 363 g/mol. The highest BCUT2D eigenvalue weighted by Crippen LogP contribution is 2.66. The summed E-state index contributed by atoms with van der Waals surface area (Å²) in [5.74, 6) is 3.43. The van der Waals surface area contributed by atoms with Crippen LogP contribution in [-0.4, -0.2) is 23.6 Å². The van der Waals surface area contributed by atoms with E-state index in [1.54, 1.807) is 0 Å². The number of ketones is 1. The summed E-state index contributed by atoms with van der Waals surface area (Å²) in [5.41, 5.74) is 2.22. The van der Waals surface area contributed by atoms with Crippen molar-refractivity contribution in [3.05, 3.63) is 36.0 Å². The zero-order valence-corrected chi connectivity index (χ0v) is 16.0. The average Bonchev–Trinajstić information content (AvgIpc) is 3.27. The van der Waals surface area contributed by atoms with Gasteiger partial charge in [-0.3, -0.25) is 4.79 Å². The van der Waals surface area contributed by atoms with Gasteiger partial charge >= 0.3 is 0 Å². The minimum Gasteiger partial charge on any atom is -0.381 e. The fourth-order valence-electron chi connectivity index (χ4n) is 7.22. The van der Waals surface area contributed by atoms with E-state index in [0.717, 1.165) is 62.8 Å². The molecule has 2 atom stereocenters. The van der Waals surface area contributed by atoms with Gasteiger partial charge in [-0.15, -0.1) is 0 Å². The summed E-state index contributed by atoms with van der Waals surface area (Å²) in [6, 6.07) is 8.56. The van der Waals surface area contributed by atoms with Crippen LogP contribution in [0.3, 0.4) is 0 Å². The molecule has 1 aromatic carbocycles. The van der Waals surface area contributed by atoms with Crippen molar-refractivity contribution < 1.29 is 9.53 Å². The lowest BCUT2D eigenvalue weighted by atomic mass is 9.71. The minimum absolute atomic E-state index is 0.0266. The van der Waals surface area contributed by atoms with Crippen LogP contribution in [0.2, 0.25) is 0 Å². The van der Waals surface area contributed by atoms with Crippen LogP contribution in [-0.2, 0) is 11.3 Å². The molecule has 4 saturated carbocycles. The number of benzene rings is 1. The molecule has 2 heterocycles. The van der Waals surface area contributed by atoms with E-state index in [-0.39, 0.29) is 5.41 Å². The first-order valence-electron chi connectivity index (χ1n) is 10.9. The minimum atomic E-state index is -0.0266. The van der Waals surface area contributed by atoms with Gasteiger partial charge in [0, 0.05) is 47.8 Å². The Morgan fingerprint density at radius 3 is 2.59 bits per heavy atom. The van der Waals surface area contributed by atoms with Gasteiger partial charge in [0.15, 0.2) is 5.78 Å². The van der Waals surface area contributed by atoms with E-state index < -0.39 is 0 Å². The van der Waals surface area contributed by atoms with E-state index in [9.17, 15) is 4.79 Å². The van der Waals surface area contributed by atoms with Crippen LogP contribution < -0.4 is 0 Å². The molecule has 1 saturated heterocycles. The van der Waals surface area contributed by atoms with Gasteiger partial charge in [-0.2, -0.15) is 0 Å². The highest BCUT2D eigenvalue weighted by molar-refractivity contribution is 6.11. The summed E-state index contributed by atoms with van der Waals surface area (Å²) in [6.07, 6.45) is 10.8. The van der Waals surface area contributed by atoms with E-state index in [0.29, 0.717) is 17.6 Å². The second-order valence-corrected chi connectivity index (χ2v) is 9.80. The fourth-order valence-corrected chi connectivity index (χ4v) is 7.22. The van der Waals surface area contributed by atoms with Gasteiger partial charge < -0.3 is 9.30 Å². The van der Waals surface area contributed by atoms with Crippen molar-refractivity contribution in [2.24, 2.45) is 29.1 Å². The molecule has 2 unspecified atom stereocenters. The van der Waals surface area contributed by atoms with Crippen molar-refractivity contribution in [1.82, 2.24) is 4.57 Å². The maximum atomic E-state index is 13.9. The number of nitrogens with zero attached hydrogens (tertiary/aromatic N) is 1. The van der Waals surface area contributed by atoms with Gasteiger partial charge in [-0.25, -0.2) is 0 Å². The molecule has 5 fully saturated rings. The Labute approximate surface area is 161 Å². The van der Waals surface area contributed by atoms with Crippen molar-refractivity contribution >= 4 is 16.7 Å². The van der Waals surface area contributed by atoms with E-state index in [2.05, 4.69) is 35.0 Å². The zero-order chi connectivity index (χ0) is 18.0. The lowest BCUT2D eigenvalue weighted by molar-refractivity contribution is 0.0615. The summed E-state index contributed by atoms with van der Waals surface area (Å²) in [5, 5.41) is 1.18.